The van der Waals surface area contributed by atoms with Gasteiger partial charge in [0.1, 0.15) is 0 Å². The van der Waals surface area contributed by atoms with Crippen molar-refractivity contribution in [2.45, 2.75) is 6.10 Å². The first-order valence-electron chi connectivity index (χ1n) is 3.00. The molecule has 1 rings (SSSR count). The molecule has 0 aromatic carbocycles. The van der Waals surface area contributed by atoms with Gasteiger partial charge in [-0.25, -0.2) is 0 Å². The topological polar surface area (TPSA) is 21.6 Å². The third-order valence-electron chi connectivity index (χ3n) is 1.13. The minimum atomic E-state index is -0.382. The number of thiophene rings is 1. The number of nitrogens with zero attached hydrogens (tertiary/aromatic N) is 1. The minimum absolute atomic E-state index is 0.382. The first-order chi connectivity index (χ1) is 5.38. The molecule has 11 heavy (non-hydrogen) atoms. The normalized spacial score (nSPS) is 11.5. The summed E-state index contributed by atoms with van der Waals surface area (Å²) in [5.74, 6) is 2.46. The highest BCUT2D eigenvalue weighted by Crippen LogP contribution is 2.21. The molecule has 3 heteroatoms. The van der Waals surface area contributed by atoms with E-state index >= 15 is 0 Å². The third-order valence-corrected chi connectivity index (χ3v) is 2.05. The zero-order valence-electron chi connectivity index (χ0n) is 5.86. The maximum absolute atomic E-state index is 5.19. The van der Waals surface area contributed by atoms with E-state index in [1.165, 1.54) is 0 Å². The van der Waals surface area contributed by atoms with E-state index in [1.807, 2.05) is 17.5 Å². The highest BCUT2D eigenvalue weighted by Gasteiger charge is 2.08. The number of hydrogen-bond donors (Lipinski definition) is 0. The molecule has 0 aliphatic carbocycles. The second-order valence-electron chi connectivity index (χ2n) is 1.80. The van der Waals surface area contributed by atoms with Crippen LogP contribution in [0.4, 0.5) is 0 Å². The van der Waals surface area contributed by atoms with Crippen LogP contribution < -0.4 is 0 Å². The Morgan fingerprint density at radius 2 is 2.64 bits per heavy atom. The molecule has 0 aliphatic heterocycles. The molecule has 1 unspecified atom stereocenters. The number of hydrogen-bond acceptors (Lipinski definition) is 3. The predicted molar refractivity (Wildman–Crippen MR) is 46.5 cm³/mol. The second kappa shape index (κ2) is 3.79. The van der Waals surface area contributed by atoms with Crippen LogP contribution in [-0.2, 0) is 4.84 Å². The summed E-state index contributed by atoms with van der Waals surface area (Å²) in [5, 5.41) is 5.21. The maximum Gasteiger partial charge on any atom is 0.221 e. The van der Waals surface area contributed by atoms with Crippen LogP contribution in [0.3, 0.4) is 0 Å². The van der Waals surface area contributed by atoms with Crippen molar-refractivity contribution in [1.29, 1.82) is 0 Å². The molecule has 56 valence electrons. The lowest BCUT2D eigenvalue weighted by Crippen LogP contribution is -1.92. The zero-order valence-corrected chi connectivity index (χ0v) is 6.67. The molecule has 0 spiro atoms. The van der Waals surface area contributed by atoms with Gasteiger partial charge in [0.2, 0.25) is 6.10 Å². The van der Waals surface area contributed by atoms with Crippen LogP contribution in [0.25, 0.3) is 0 Å². The molecule has 0 N–H and O–H groups in total. The zero-order chi connectivity index (χ0) is 8.10. The van der Waals surface area contributed by atoms with Crippen molar-refractivity contribution in [3.63, 3.8) is 0 Å². The van der Waals surface area contributed by atoms with Crippen LogP contribution in [0.1, 0.15) is 11.0 Å². The molecule has 0 fully saturated rings. The van der Waals surface area contributed by atoms with E-state index in [-0.39, 0.29) is 6.10 Å². The Hall–Kier alpha value is -1.27. The van der Waals surface area contributed by atoms with Crippen LogP contribution in [0.2, 0.25) is 0 Å². The lowest BCUT2D eigenvalue weighted by molar-refractivity contribution is 0.105. The Morgan fingerprint density at radius 3 is 3.09 bits per heavy atom. The summed E-state index contributed by atoms with van der Waals surface area (Å²) in [6.07, 6.45) is 4.81. The van der Waals surface area contributed by atoms with Crippen molar-refractivity contribution < 1.29 is 4.84 Å². The largest absolute Gasteiger partial charge is 0.374 e. The highest BCUT2D eigenvalue weighted by molar-refractivity contribution is 7.10. The summed E-state index contributed by atoms with van der Waals surface area (Å²) in [6.45, 7) is 3.20. The SMILES string of the molecule is C#CC(ON=C)c1cccs1. The molecule has 1 heterocycles. The number of rotatable bonds is 3. The number of oxime groups is 1. The molecular weight excluding hydrogens is 158 g/mol. The van der Waals surface area contributed by atoms with Gasteiger partial charge in [0.05, 0.1) is 4.88 Å². The number of terminal acetylenes is 1. The van der Waals surface area contributed by atoms with Gasteiger partial charge in [-0.15, -0.1) is 22.9 Å². The van der Waals surface area contributed by atoms with Gasteiger partial charge in [-0.1, -0.05) is 12.0 Å². The molecule has 0 aliphatic rings. The Labute approximate surface area is 69.5 Å². The van der Waals surface area contributed by atoms with Gasteiger partial charge in [-0.05, 0) is 11.4 Å². The standard InChI is InChI=1S/C8H7NOS/c1-3-7(10-9-2)8-5-4-6-11-8/h1,4-7H,2H2. The monoisotopic (exact) mass is 165 g/mol. The minimum Gasteiger partial charge on any atom is -0.374 e. The summed E-state index contributed by atoms with van der Waals surface area (Å²) < 4.78 is 0. The van der Waals surface area contributed by atoms with Crippen LogP contribution in [0.5, 0.6) is 0 Å². The molecule has 0 radical (unpaired) electrons. The van der Waals surface area contributed by atoms with Crippen molar-refractivity contribution in [2.75, 3.05) is 0 Å². The summed E-state index contributed by atoms with van der Waals surface area (Å²) >= 11 is 1.54. The Morgan fingerprint density at radius 1 is 1.82 bits per heavy atom. The fourth-order valence-electron chi connectivity index (χ4n) is 0.679. The van der Waals surface area contributed by atoms with Gasteiger partial charge in [0.15, 0.2) is 0 Å². The van der Waals surface area contributed by atoms with Gasteiger partial charge in [-0.2, -0.15) is 0 Å². The molecule has 0 saturated heterocycles. The van der Waals surface area contributed by atoms with Crippen LogP contribution in [0.15, 0.2) is 22.7 Å². The Bertz CT molecular complexity index is 260. The van der Waals surface area contributed by atoms with Gasteiger partial charge in [0.25, 0.3) is 0 Å². The highest BCUT2D eigenvalue weighted by atomic mass is 32.1. The van der Waals surface area contributed by atoms with Crippen LogP contribution in [0, 0.1) is 12.3 Å². The van der Waals surface area contributed by atoms with Crippen molar-refractivity contribution in [3.05, 3.63) is 22.4 Å². The van der Waals surface area contributed by atoms with Crippen LogP contribution in [-0.4, -0.2) is 6.72 Å². The van der Waals surface area contributed by atoms with E-state index in [2.05, 4.69) is 17.8 Å². The Kier molecular flexibility index (Phi) is 2.70. The van der Waals surface area contributed by atoms with E-state index < -0.39 is 0 Å². The van der Waals surface area contributed by atoms with E-state index in [0.717, 1.165) is 4.88 Å². The third kappa shape index (κ3) is 1.82. The molecule has 0 saturated carbocycles. The van der Waals surface area contributed by atoms with E-state index in [9.17, 15) is 0 Å². The molecule has 1 aromatic rings. The average molecular weight is 165 g/mol. The van der Waals surface area contributed by atoms with Gasteiger partial charge in [0, 0.05) is 6.72 Å². The molecule has 0 amide bonds. The van der Waals surface area contributed by atoms with Crippen molar-refractivity contribution in [1.82, 2.24) is 0 Å². The lowest BCUT2D eigenvalue weighted by atomic mass is 10.3. The summed E-state index contributed by atoms with van der Waals surface area (Å²) in [5.41, 5.74) is 0. The van der Waals surface area contributed by atoms with E-state index in [1.54, 1.807) is 11.3 Å². The van der Waals surface area contributed by atoms with Gasteiger partial charge in [-0.3, -0.25) is 0 Å². The molecule has 0 bridgehead atoms. The van der Waals surface area contributed by atoms with Gasteiger partial charge >= 0.3 is 0 Å². The summed E-state index contributed by atoms with van der Waals surface area (Å²) in [4.78, 5) is 5.80. The Balaban J connectivity index is 2.73. The molecule has 1 atom stereocenters. The lowest BCUT2D eigenvalue weighted by Gasteiger charge is -2.03. The van der Waals surface area contributed by atoms with Crippen LogP contribution >= 0.6 is 11.3 Å². The molecular formula is C8H7NOS. The first kappa shape index (κ1) is 7.83. The molecule has 1 aromatic heterocycles. The fourth-order valence-corrected chi connectivity index (χ4v) is 1.39. The predicted octanol–water partition coefficient (Wildman–Crippen LogP) is 2.05. The first-order valence-corrected chi connectivity index (χ1v) is 3.88. The summed E-state index contributed by atoms with van der Waals surface area (Å²) in [6, 6.07) is 3.82. The van der Waals surface area contributed by atoms with E-state index in [4.69, 9.17) is 11.3 Å². The van der Waals surface area contributed by atoms with Gasteiger partial charge < -0.3 is 4.84 Å². The van der Waals surface area contributed by atoms with E-state index in [0.29, 0.717) is 0 Å². The average Bonchev–Trinajstić information content (AvgIpc) is 2.52. The fraction of sp³-hybridized carbons (Fsp3) is 0.125. The maximum atomic E-state index is 5.19. The van der Waals surface area contributed by atoms with Crippen molar-refractivity contribution in [3.8, 4) is 12.3 Å². The van der Waals surface area contributed by atoms with Crippen molar-refractivity contribution in [2.24, 2.45) is 5.16 Å². The quantitative estimate of drug-likeness (QED) is 0.381. The smallest absolute Gasteiger partial charge is 0.221 e. The summed E-state index contributed by atoms with van der Waals surface area (Å²) in [7, 11) is 0. The van der Waals surface area contributed by atoms with Crippen molar-refractivity contribution >= 4 is 18.1 Å². The molecule has 2 nitrogen and oxygen atoms in total. The second-order valence-corrected chi connectivity index (χ2v) is 2.78.